The molecule has 1 N–H and O–H groups in total. The number of carboxylic acids is 1. The number of carbonyl (C=O) groups is 1. The van der Waals surface area contributed by atoms with E-state index in [-0.39, 0.29) is 5.41 Å². The molecule has 1 fully saturated rings. The summed E-state index contributed by atoms with van der Waals surface area (Å²) in [7, 11) is 0. The van der Waals surface area contributed by atoms with E-state index in [1.54, 1.807) is 0 Å². The predicted octanol–water partition coefficient (Wildman–Crippen LogP) is 1.63. The van der Waals surface area contributed by atoms with E-state index in [9.17, 15) is 4.79 Å². The van der Waals surface area contributed by atoms with Crippen molar-refractivity contribution in [3.05, 3.63) is 0 Å². The van der Waals surface area contributed by atoms with Gasteiger partial charge in [0.25, 0.3) is 0 Å². The van der Waals surface area contributed by atoms with Gasteiger partial charge in [-0.25, -0.2) is 0 Å². The Balaban J connectivity index is 2.74. The van der Waals surface area contributed by atoms with E-state index < -0.39 is 10.3 Å². The quantitative estimate of drug-likeness (QED) is 0.642. The molecule has 0 aliphatic heterocycles. The summed E-state index contributed by atoms with van der Waals surface area (Å²) in [6.07, 6.45) is 0.731. The number of aliphatic carboxylic acids is 1. The van der Waals surface area contributed by atoms with Gasteiger partial charge in [-0.3, -0.25) is 4.79 Å². The molecule has 1 aliphatic carbocycles. The van der Waals surface area contributed by atoms with Crippen molar-refractivity contribution in [1.29, 1.82) is 0 Å². The topological polar surface area (TPSA) is 37.3 Å². The van der Waals surface area contributed by atoms with Crippen LogP contribution in [0.25, 0.3) is 0 Å². The number of hydrogen-bond donors (Lipinski definition) is 1. The average Bonchev–Trinajstić information content (AvgIpc) is 2.08. The zero-order valence-corrected chi connectivity index (χ0v) is 7.03. The highest BCUT2D eigenvalue weighted by Crippen LogP contribution is 2.61. The molecule has 0 heterocycles. The van der Waals surface area contributed by atoms with Crippen LogP contribution in [0.2, 0.25) is 0 Å². The highest BCUT2D eigenvalue weighted by molar-refractivity contribution is 9.10. The summed E-state index contributed by atoms with van der Waals surface area (Å²) in [6.45, 7) is 3.88. The van der Waals surface area contributed by atoms with E-state index in [0.717, 1.165) is 6.42 Å². The molecule has 0 aromatic heterocycles. The molecule has 0 amide bonds. The Kier molecular flexibility index (Phi) is 1.18. The third-order valence-corrected chi connectivity index (χ3v) is 3.67. The van der Waals surface area contributed by atoms with Crippen LogP contribution >= 0.6 is 15.9 Å². The summed E-state index contributed by atoms with van der Waals surface area (Å²) in [5.41, 5.74) is -0.0567. The molecule has 1 atom stereocenters. The zero-order valence-electron chi connectivity index (χ0n) is 5.44. The van der Waals surface area contributed by atoms with Crippen LogP contribution in [0, 0.1) is 5.41 Å². The Hall–Kier alpha value is -0.0500. The SMILES string of the molecule is CC1(C)CC1(Br)C(=O)O. The highest BCUT2D eigenvalue weighted by atomic mass is 79.9. The summed E-state index contributed by atoms with van der Waals surface area (Å²) in [4.78, 5) is 10.5. The maximum Gasteiger partial charge on any atom is 0.321 e. The number of halogens is 1. The van der Waals surface area contributed by atoms with Crippen molar-refractivity contribution in [2.75, 3.05) is 0 Å². The summed E-state index contributed by atoms with van der Waals surface area (Å²) >= 11 is 3.18. The van der Waals surface area contributed by atoms with Crippen LogP contribution in [0.1, 0.15) is 20.3 Å². The molecule has 0 spiro atoms. The monoisotopic (exact) mass is 192 g/mol. The Morgan fingerprint density at radius 1 is 1.67 bits per heavy atom. The molecule has 0 radical (unpaired) electrons. The lowest BCUT2D eigenvalue weighted by molar-refractivity contribution is -0.137. The molecule has 52 valence electrons. The van der Waals surface area contributed by atoms with Crippen molar-refractivity contribution < 1.29 is 9.90 Å². The van der Waals surface area contributed by atoms with Crippen molar-refractivity contribution in [1.82, 2.24) is 0 Å². The fourth-order valence-corrected chi connectivity index (χ4v) is 1.63. The van der Waals surface area contributed by atoms with E-state index in [4.69, 9.17) is 5.11 Å². The number of hydrogen-bond acceptors (Lipinski definition) is 1. The van der Waals surface area contributed by atoms with E-state index >= 15 is 0 Å². The van der Waals surface area contributed by atoms with Crippen molar-refractivity contribution in [2.45, 2.75) is 24.6 Å². The molecule has 1 rings (SSSR count). The van der Waals surface area contributed by atoms with E-state index in [0.29, 0.717) is 0 Å². The third-order valence-electron chi connectivity index (χ3n) is 1.97. The van der Waals surface area contributed by atoms with Crippen LogP contribution < -0.4 is 0 Å². The van der Waals surface area contributed by atoms with Gasteiger partial charge in [0.1, 0.15) is 4.32 Å². The average molecular weight is 193 g/mol. The lowest BCUT2D eigenvalue weighted by Gasteiger charge is -2.04. The molecule has 1 saturated carbocycles. The van der Waals surface area contributed by atoms with Gasteiger partial charge >= 0.3 is 5.97 Å². The molecule has 0 aromatic rings. The molecule has 0 aromatic carbocycles. The molecule has 0 bridgehead atoms. The van der Waals surface area contributed by atoms with Crippen molar-refractivity contribution in [3.63, 3.8) is 0 Å². The smallest absolute Gasteiger partial charge is 0.321 e. The van der Waals surface area contributed by atoms with Crippen LogP contribution in [0.5, 0.6) is 0 Å². The third kappa shape index (κ3) is 0.784. The first kappa shape index (κ1) is 7.06. The minimum Gasteiger partial charge on any atom is -0.480 e. The van der Waals surface area contributed by atoms with E-state index in [1.165, 1.54) is 0 Å². The van der Waals surface area contributed by atoms with E-state index in [1.807, 2.05) is 13.8 Å². The maximum absolute atomic E-state index is 10.5. The molecule has 1 unspecified atom stereocenters. The molecule has 9 heavy (non-hydrogen) atoms. The van der Waals surface area contributed by atoms with Crippen LogP contribution in [-0.2, 0) is 4.79 Å². The standard InChI is InChI=1S/C6H9BrO2/c1-5(2)3-6(5,7)4(8)9/h3H2,1-2H3,(H,8,9). The Morgan fingerprint density at radius 2 is 2.00 bits per heavy atom. The van der Waals surface area contributed by atoms with Gasteiger partial charge < -0.3 is 5.11 Å². The van der Waals surface area contributed by atoms with Crippen LogP contribution in [0.4, 0.5) is 0 Å². The molecule has 1 aliphatic rings. The van der Waals surface area contributed by atoms with Crippen molar-refractivity contribution in [3.8, 4) is 0 Å². The van der Waals surface area contributed by atoms with Crippen molar-refractivity contribution in [2.24, 2.45) is 5.41 Å². The Bertz CT molecular complexity index is 164. The van der Waals surface area contributed by atoms with Gasteiger partial charge in [-0.1, -0.05) is 29.8 Å². The number of carboxylic acid groups (broad SMARTS) is 1. The molecular formula is C6H9BrO2. The summed E-state index contributed by atoms with van der Waals surface area (Å²) in [5, 5.41) is 8.60. The van der Waals surface area contributed by atoms with Crippen LogP contribution in [0.15, 0.2) is 0 Å². The lowest BCUT2D eigenvalue weighted by atomic mass is 10.1. The van der Waals surface area contributed by atoms with Gasteiger partial charge in [-0.05, 0) is 11.8 Å². The van der Waals surface area contributed by atoms with Crippen molar-refractivity contribution >= 4 is 21.9 Å². The fraction of sp³-hybridized carbons (Fsp3) is 0.833. The molecule has 2 nitrogen and oxygen atoms in total. The largest absolute Gasteiger partial charge is 0.480 e. The van der Waals surface area contributed by atoms with E-state index in [2.05, 4.69) is 15.9 Å². The molecular weight excluding hydrogens is 184 g/mol. The second-order valence-electron chi connectivity index (χ2n) is 3.17. The van der Waals surface area contributed by atoms with Gasteiger partial charge in [0.05, 0.1) is 0 Å². The summed E-state index contributed by atoms with van der Waals surface area (Å²) < 4.78 is -0.625. The Morgan fingerprint density at radius 3 is 2.00 bits per heavy atom. The first-order chi connectivity index (χ1) is 3.90. The molecule has 3 heteroatoms. The predicted molar refractivity (Wildman–Crippen MR) is 37.7 cm³/mol. The van der Waals surface area contributed by atoms with Gasteiger partial charge in [-0.15, -0.1) is 0 Å². The lowest BCUT2D eigenvalue weighted by Crippen LogP contribution is -2.19. The Labute approximate surface area is 62.4 Å². The molecule has 0 saturated heterocycles. The minimum absolute atomic E-state index is 0.0567. The second-order valence-corrected chi connectivity index (χ2v) is 4.52. The fourth-order valence-electron chi connectivity index (χ4n) is 0.930. The van der Waals surface area contributed by atoms with Gasteiger partial charge in [0.2, 0.25) is 0 Å². The van der Waals surface area contributed by atoms with Gasteiger partial charge in [-0.2, -0.15) is 0 Å². The van der Waals surface area contributed by atoms with Crippen LogP contribution in [-0.4, -0.2) is 15.4 Å². The summed E-state index contributed by atoms with van der Waals surface area (Å²) in [6, 6.07) is 0. The maximum atomic E-state index is 10.5. The minimum atomic E-state index is -0.743. The first-order valence-electron chi connectivity index (χ1n) is 2.82. The second kappa shape index (κ2) is 1.51. The normalized spacial score (nSPS) is 38.1. The van der Waals surface area contributed by atoms with Gasteiger partial charge in [0, 0.05) is 0 Å². The number of alkyl halides is 1. The summed E-state index contributed by atoms with van der Waals surface area (Å²) in [5.74, 6) is -0.743. The first-order valence-corrected chi connectivity index (χ1v) is 3.62. The highest BCUT2D eigenvalue weighted by Gasteiger charge is 2.65. The number of rotatable bonds is 1. The zero-order chi connectivity index (χ0) is 7.28. The van der Waals surface area contributed by atoms with Gasteiger partial charge in [0.15, 0.2) is 0 Å². The van der Waals surface area contributed by atoms with Crippen LogP contribution in [0.3, 0.4) is 0 Å².